The Morgan fingerprint density at radius 2 is 1.95 bits per heavy atom. The normalized spacial score (nSPS) is 11.4. The number of halogens is 2. The number of pyridine rings is 1. The minimum atomic E-state index is -0.175. The van der Waals surface area contributed by atoms with E-state index in [1.807, 2.05) is 46.9 Å². The van der Waals surface area contributed by atoms with E-state index in [4.69, 9.17) is 11.6 Å². The molecule has 0 atom stereocenters. The van der Waals surface area contributed by atoms with Gasteiger partial charge in [0.05, 0.1) is 10.7 Å². The first kappa shape index (κ1) is 14.0. The Balaban J connectivity index is 1.74. The molecule has 0 fully saturated rings. The molecule has 2 aromatic heterocycles. The zero-order chi connectivity index (χ0) is 14.8. The molecule has 3 rings (SSSR count). The lowest BCUT2D eigenvalue weighted by Crippen LogP contribution is -2.18. The molecule has 0 saturated carbocycles. The first-order valence-corrected chi connectivity index (χ1v) is 7.05. The number of aromatic nitrogens is 2. The molecule has 0 amide bonds. The van der Waals surface area contributed by atoms with Crippen LogP contribution < -0.4 is 0 Å². The second kappa shape index (κ2) is 5.84. The predicted octanol–water partition coefficient (Wildman–Crippen LogP) is 3.76. The molecule has 3 nitrogen and oxygen atoms in total. The lowest BCUT2D eigenvalue weighted by molar-refractivity contribution is 0.310. The minimum Gasteiger partial charge on any atom is -0.305 e. The quantitative estimate of drug-likeness (QED) is 0.731. The van der Waals surface area contributed by atoms with E-state index in [0.717, 1.165) is 11.3 Å². The number of nitrogens with zero attached hydrogens (tertiary/aromatic N) is 3. The van der Waals surface area contributed by atoms with Crippen LogP contribution in [0.5, 0.6) is 0 Å². The van der Waals surface area contributed by atoms with Crippen molar-refractivity contribution in [2.45, 2.75) is 13.1 Å². The lowest BCUT2D eigenvalue weighted by Gasteiger charge is -2.15. The summed E-state index contributed by atoms with van der Waals surface area (Å²) in [5, 5.41) is 0.672. The van der Waals surface area contributed by atoms with Crippen molar-refractivity contribution < 1.29 is 4.39 Å². The fraction of sp³-hybridized carbons (Fsp3) is 0.188. The van der Waals surface area contributed by atoms with Crippen molar-refractivity contribution in [3.8, 4) is 0 Å². The van der Waals surface area contributed by atoms with Gasteiger partial charge < -0.3 is 4.40 Å². The monoisotopic (exact) mass is 303 g/mol. The highest BCUT2D eigenvalue weighted by Gasteiger charge is 2.08. The Morgan fingerprint density at radius 3 is 2.76 bits per heavy atom. The molecule has 0 aliphatic rings. The van der Waals surface area contributed by atoms with Gasteiger partial charge in [-0.3, -0.25) is 4.90 Å². The van der Waals surface area contributed by atoms with E-state index >= 15 is 0 Å². The summed E-state index contributed by atoms with van der Waals surface area (Å²) in [7, 11) is 1.95. The molecule has 0 aliphatic heterocycles. The summed E-state index contributed by atoms with van der Waals surface area (Å²) >= 11 is 5.96. The standard InChI is InChI=1S/C16H15ClFN3/c1-20(8-12-4-2-3-5-15(12)18)10-14-11-21-9-13(17)6-7-16(21)19-14/h2-7,9,11H,8,10H2,1H3. The van der Waals surface area contributed by atoms with E-state index in [0.29, 0.717) is 23.7 Å². The van der Waals surface area contributed by atoms with Crippen molar-refractivity contribution in [1.82, 2.24) is 14.3 Å². The Bertz CT molecular complexity index is 769. The van der Waals surface area contributed by atoms with Crippen LogP contribution in [0.3, 0.4) is 0 Å². The molecule has 1 aromatic carbocycles. The van der Waals surface area contributed by atoms with E-state index in [1.165, 1.54) is 6.07 Å². The molecule has 0 aliphatic carbocycles. The Labute approximate surface area is 127 Å². The third-order valence-electron chi connectivity index (χ3n) is 3.29. The molecule has 0 radical (unpaired) electrons. The van der Waals surface area contributed by atoms with Crippen LogP contribution >= 0.6 is 11.6 Å². The van der Waals surface area contributed by atoms with Gasteiger partial charge in [-0.15, -0.1) is 0 Å². The molecule has 5 heteroatoms. The Hall–Kier alpha value is -1.91. The van der Waals surface area contributed by atoms with Gasteiger partial charge in [0, 0.05) is 31.0 Å². The Morgan fingerprint density at radius 1 is 1.14 bits per heavy atom. The SMILES string of the molecule is CN(Cc1cn2cc(Cl)ccc2n1)Cc1ccccc1F. The van der Waals surface area contributed by atoms with Gasteiger partial charge in [0.2, 0.25) is 0 Å². The second-order valence-corrected chi connectivity index (χ2v) is 5.55. The van der Waals surface area contributed by atoms with Gasteiger partial charge in [0.15, 0.2) is 0 Å². The number of hydrogen-bond donors (Lipinski definition) is 0. The van der Waals surface area contributed by atoms with E-state index in [1.54, 1.807) is 12.1 Å². The smallest absolute Gasteiger partial charge is 0.137 e. The second-order valence-electron chi connectivity index (χ2n) is 5.11. The van der Waals surface area contributed by atoms with Crippen molar-refractivity contribution in [2.24, 2.45) is 0 Å². The molecular weight excluding hydrogens is 289 g/mol. The van der Waals surface area contributed by atoms with Crippen molar-refractivity contribution in [2.75, 3.05) is 7.05 Å². The molecule has 2 heterocycles. The average Bonchev–Trinajstić information content (AvgIpc) is 2.82. The maximum absolute atomic E-state index is 13.6. The number of rotatable bonds is 4. The van der Waals surface area contributed by atoms with Crippen molar-refractivity contribution in [3.63, 3.8) is 0 Å². The van der Waals surface area contributed by atoms with Crippen LogP contribution in [0.25, 0.3) is 5.65 Å². The summed E-state index contributed by atoms with van der Waals surface area (Å²) in [5.74, 6) is -0.175. The fourth-order valence-electron chi connectivity index (χ4n) is 2.34. The molecule has 0 bridgehead atoms. The van der Waals surface area contributed by atoms with Crippen LogP contribution in [0.15, 0.2) is 48.8 Å². The van der Waals surface area contributed by atoms with Crippen LogP contribution in [-0.4, -0.2) is 21.3 Å². The molecular formula is C16H15ClFN3. The van der Waals surface area contributed by atoms with Gasteiger partial charge in [0.25, 0.3) is 0 Å². The summed E-state index contributed by atoms with van der Waals surface area (Å²) in [6.07, 6.45) is 3.77. The Kier molecular flexibility index (Phi) is 3.90. The molecule has 0 saturated heterocycles. The zero-order valence-corrected chi connectivity index (χ0v) is 12.4. The maximum Gasteiger partial charge on any atom is 0.137 e. The molecule has 21 heavy (non-hydrogen) atoms. The summed E-state index contributed by atoms with van der Waals surface area (Å²) in [6.45, 7) is 1.19. The van der Waals surface area contributed by atoms with Crippen LogP contribution in [0.1, 0.15) is 11.3 Å². The highest BCUT2D eigenvalue weighted by atomic mass is 35.5. The lowest BCUT2D eigenvalue weighted by atomic mass is 10.2. The van der Waals surface area contributed by atoms with E-state index in [-0.39, 0.29) is 5.82 Å². The van der Waals surface area contributed by atoms with Crippen molar-refractivity contribution in [3.05, 3.63) is 70.9 Å². The summed E-state index contributed by atoms with van der Waals surface area (Å²) in [6, 6.07) is 10.5. The number of hydrogen-bond acceptors (Lipinski definition) is 2. The average molecular weight is 304 g/mol. The summed E-state index contributed by atoms with van der Waals surface area (Å²) < 4.78 is 15.5. The van der Waals surface area contributed by atoms with E-state index in [2.05, 4.69) is 4.98 Å². The van der Waals surface area contributed by atoms with Gasteiger partial charge in [-0.2, -0.15) is 0 Å². The number of fused-ring (bicyclic) bond motifs is 1. The van der Waals surface area contributed by atoms with Crippen LogP contribution in [-0.2, 0) is 13.1 Å². The van der Waals surface area contributed by atoms with Crippen molar-refractivity contribution >= 4 is 17.2 Å². The molecule has 0 N–H and O–H groups in total. The minimum absolute atomic E-state index is 0.175. The first-order valence-electron chi connectivity index (χ1n) is 6.67. The third kappa shape index (κ3) is 3.23. The first-order chi connectivity index (χ1) is 10.1. The predicted molar refractivity (Wildman–Crippen MR) is 81.8 cm³/mol. The third-order valence-corrected chi connectivity index (χ3v) is 3.52. The molecule has 0 unspecified atom stereocenters. The van der Waals surface area contributed by atoms with Gasteiger partial charge in [0.1, 0.15) is 11.5 Å². The molecule has 0 spiro atoms. The van der Waals surface area contributed by atoms with Crippen molar-refractivity contribution in [1.29, 1.82) is 0 Å². The number of benzene rings is 1. The number of imidazole rings is 1. The summed E-state index contributed by atoms with van der Waals surface area (Å²) in [4.78, 5) is 6.56. The largest absolute Gasteiger partial charge is 0.305 e. The van der Waals surface area contributed by atoms with E-state index < -0.39 is 0 Å². The zero-order valence-electron chi connectivity index (χ0n) is 11.6. The van der Waals surface area contributed by atoms with Crippen LogP contribution in [0.2, 0.25) is 5.02 Å². The highest BCUT2D eigenvalue weighted by Crippen LogP contribution is 2.14. The fourth-order valence-corrected chi connectivity index (χ4v) is 2.51. The van der Waals surface area contributed by atoms with E-state index in [9.17, 15) is 4.39 Å². The van der Waals surface area contributed by atoms with Crippen LogP contribution in [0.4, 0.5) is 4.39 Å². The van der Waals surface area contributed by atoms with Gasteiger partial charge in [-0.25, -0.2) is 9.37 Å². The summed E-state index contributed by atoms with van der Waals surface area (Å²) in [5.41, 5.74) is 2.47. The highest BCUT2D eigenvalue weighted by molar-refractivity contribution is 6.30. The van der Waals surface area contributed by atoms with Crippen LogP contribution in [0, 0.1) is 5.82 Å². The van der Waals surface area contributed by atoms with Gasteiger partial charge >= 0.3 is 0 Å². The van der Waals surface area contributed by atoms with Gasteiger partial charge in [-0.1, -0.05) is 29.8 Å². The molecule has 3 aromatic rings. The molecule has 108 valence electrons. The van der Waals surface area contributed by atoms with Gasteiger partial charge in [-0.05, 0) is 25.2 Å². The topological polar surface area (TPSA) is 20.5 Å². The maximum atomic E-state index is 13.6.